The minimum atomic E-state index is -0.554. The summed E-state index contributed by atoms with van der Waals surface area (Å²) in [4.78, 5) is 18.0. The number of benzene rings is 1. The zero-order valence-electron chi connectivity index (χ0n) is 15.7. The molecule has 2 aromatic rings. The molecule has 0 unspecified atom stereocenters. The number of carbonyl (C=O) groups is 1. The number of para-hydroxylation sites is 1. The predicted octanol–water partition coefficient (Wildman–Crippen LogP) is 3.89. The maximum absolute atomic E-state index is 12.7. The Balaban J connectivity index is 1.33. The van der Waals surface area contributed by atoms with Crippen LogP contribution < -0.4 is 0 Å². The highest BCUT2D eigenvalue weighted by Crippen LogP contribution is 2.44. The summed E-state index contributed by atoms with van der Waals surface area (Å²) in [6, 6.07) is 8.33. The molecule has 1 aromatic carbocycles. The Hall–Kier alpha value is -1.81. The van der Waals surface area contributed by atoms with Gasteiger partial charge in [0.2, 0.25) is 5.91 Å². The maximum Gasteiger partial charge on any atom is 0.222 e. The van der Waals surface area contributed by atoms with Crippen LogP contribution in [-0.2, 0) is 11.2 Å². The molecule has 4 nitrogen and oxygen atoms in total. The molecule has 2 heterocycles. The minimum absolute atomic E-state index is 0.262. The van der Waals surface area contributed by atoms with Gasteiger partial charge in [-0.3, -0.25) is 4.79 Å². The number of carbonyl (C=O) groups excluding carboxylic acids is 1. The minimum Gasteiger partial charge on any atom is -0.390 e. The third kappa shape index (κ3) is 3.16. The van der Waals surface area contributed by atoms with E-state index in [1.54, 1.807) is 0 Å². The summed E-state index contributed by atoms with van der Waals surface area (Å²) >= 11 is 0. The van der Waals surface area contributed by atoms with Gasteiger partial charge >= 0.3 is 0 Å². The number of aromatic nitrogens is 1. The molecule has 26 heavy (non-hydrogen) atoms. The van der Waals surface area contributed by atoms with E-state index in [0.717, 1.165) is 57.1 Å². The summed E-state index contributed by atoms with van der Waals surface area (Å²) in [5, 5.41) is 12.2. The molecule has 0 spiro atoms. The summed E-state index contributed by atoms with van der Waals surface area (Å²) in [6.07, 6.45) is 8.43. The fraction of sp³-hybridized carbons (Fsp3) is 0.591. The van der Waals surface area contributed by atoms with E-state index in [1.165, 1.54) is 10.9 Å². The van der Waals surface area contributed by atoms with E-state index in [-0.39, 0.29) is 11.8 Å². The van der Waals surface area contributed by atoms with Crippen LogP contribution in [0.3, 0.4) is 0 Å². The molecule has 1 aliphatic heterocycles. The summed E-state index contributed by atoms with van der Waals surface area (Å²) in [5.74, 6) is 1.03. The van der Waals surface area contributed by atoms with Gasteiger partial charge in [-0.1, -0.05) is 31.5 Å². The van der Waals surface area contributed by atoms with E-state index >= 15 is 0 Å². The van der Waals surface area contributed by atoms with Crippen LogP contribution >= 0.6 is 0 Å². The lowest BCUT2D eigenvalue weighted by atomic mass is 9.69. The van der Waals surface area contributed by atoms with E-state index in [9.17, 15) is 9.90 Å². The lowest BCUT2D eigenvalue weighted by Crippen LogP contribution is -2.44. The van der Waals surface area contributed by atoms with Gasteiger partial charge in [0.1, 0.15) is 0 Å². The van der Waals surface area contributed by atoms with Crippen LogP contribution in [-0.4, -0.2) is 39.6 Å². The van der Waals surface area contributed by atoms with Gasteiger partial charge < -0.3 is 15.0 Å². The van der Waals surface area contributed by atoms with Crippen LogP contribution in [0.1, 0.15) is 51.0 Å². The molecule has 2 fully saturated rings. The molecule has 2 aliphatic rings. The Morgan fingerprint density at radius 3 is 3.04 bits per heavy atom. The quantitative estimate of drug-likeness (QED) is 0.856. The van der Waals surface area contributed by atoms with E-state index in [1.807, 2.05) is 11.0 Å². The molecule has 2 N–H and O–H groups in total. The van der Waals surface area contributed by atoms with Crippen molar-refractivity contribution in [2.75, 3.05) is 13.1 Å². The Morgan fingerprint density at radius 2 is 2.19 bits per heavy atom. The normalized spacial score (nSPS) is 28.5. The third-order valence-corrected chi connectivity index (χ3v) is 6.79. The van der Waals surface area contributed by atoms with Crippen LogP contribution in [0, 0.1) is 11.8 Å². The maximum atomic E-state index is 12.7. The molecule has 140 valence electrons. The van der Waals surface area contributed by atoms with Crippen LogP contribution in [0.15, 0.2) is 30.5 Å². The summed E-state index contributed by atoms with van der Waals surface area (Å²) < 4.78 is 0. The zero-order valence-corrected chi connectivity index (χ0v) is 15.7. The van der Waals surface area contributed by atoms with Crippen LogP contribution in [0.2, 0.25) is 0 Å². The van der Waals surface area contributed by atoms with Crippen molar-refractivity contribution in [3.63, 3.8) is 0 Å². The smallest absolute Gasteiger partial charge is 0.222 e. The van der Waals surface area contributed by atoms with Crippen LogP contribution in [0.25, 0.3) is 10.9 Å². The van der Waals surface area contributed by atoms with E-state index in [4.69, 9.17) is 0 Å². The SMILES string of the molecule is CC[C@]1(O)CCC[C@H]2CN(C(=O)CCCc3c[nH]c4ccccc34)C[C@H]21. The molecule has 1 saturated heterocycles. The topological polar surface area (TPSA) is 56.3 Å². The van der Waals surface area contributed by atoms with Crippen LogP contribution in [0.4, 0.5) is 0 Å². The second-order valence-corrected chi connectivity index (χ2v) is 8.23. The number of amides is 1. The largest absolute Gasteiger partial charge is 0.390 e. The second kappa shape index (κ2) is 7.07. The van der Waals surface area contributed by atoms with E-state index in [2.05, 4.69) is 36.3 Å². The number of aliphatic hydroxyl groups is 1. The average molecular weight is 354 g/mol. The second-order valence-electron chi connectivity index (χ2n) is 8.23. The summed E-state index contributed by atoms with van der Waals surface area (Å²) in [7, 11) is 0. The van der Waals surface area contributed by atoms with Gasteiger partial charge in [-0.15, -0.1) is 0 Å². The molecule has 1 amide bonds. The number of hydrogen-bond acceptors (Lipinski definition) is 2. The number of rotatable bonds is 5. The molecule has 1 saturated carbocycles. The zero-order chi connectivity index (χ0) is 18.1. The standard InChI is InChI=1S/C22H30N2O2/c1-2-22(26)12-6-8-17-14-24(15-19(17)22)21(25)11-5-7-16-13-23-20-10-4-3-9-18(16)20/h3-4,9-10,13,17,19,23,26H,2,5-8,11-12,14-15H2,1H3/t17-,19+,22-/m0/s1. The number of nitrogens with one attached hydrogen (secondary N) is 1. The number of hydrogen-bond donors (Lipinski definition) is 2. The Labute approximate surface area is 155 Å². The predicted molar refractivity (Wildman–Crippen MR) is 104 cm³/mol. The first-order valence-electron chi connectivity index (χ1n) is 10.2. The molecular weight excluding hydrogens is 324 g/mol. The Kier molecular flexibility index (Phi) is 4.78. The van der Waals surface area contributed by atoms with Gasteiger partial charge in [-0.05, 0) is 49.7 Å². The Morgan fingerprint density at radius 1 is 1.35 bits per heavy atom. The van der Waals surface area contributed by atoms with Crippen molar-refractivity contribution < 1.29 is 9.90 Å². The third-order valence-electron chi connectivity index (χ3n) is 6.79. The van der Waals surface area contributed by atoms with Gasteiger partial charge in [0, 0.05) is 42.5 Å². The number of aromatic amines is 1. The van der Waals surface area contributed by atoms with Crippen molar-refractivity contribution in [3.05, 3.63) is 36.0 Å². The summed E-state index contributed by atoms with van der Waals surface area (Å²) in [6.45, 7) is 3.67. The first-order valence-corrected chi connectivity index (χ1v) is 10.2. The summed E-state index contributed by atoms with van der Waals surface area (Å²) in [5.41, 5.74) is 1.90. The molecule has 0 bridgehead atoms. The first-order chi connectivity index (χ1) is 12.6. The lowest BCUT2D eigenvalue weighted by molar-refractivity contribution is -0.130. The van der Waals surface area contributed by atoms with Gasteiger partial charge in [-0.2, -0.15) is 0 Å². The number of H-pyrrole nitrogens is 1. The highest BCUT2D eigenvalue weighted by atomic mass is 16.3. The van der Waals surface area contributed by atoms with Crippen molar-refractivity contribution in [3.8, 4) is 0 Å². The molecule has 4 rings (SSSR count). The van der Waals surface area contributed by atoms with Gasteiger partial charge in [-0.25, -0.2) is 0 Å². The van der Waals surface area contributed by atoms with Crippen molar-refractivity contribution in [2.24, 2.45) is 11.8 Å². The molecular formula is C22H30N2O2. The molecule has 1 aliphatic carbocycles. The fourth-order valence-electron chi connectivity index (χ4n) is 5.20. The number of fused-ring (bicyclic) bond motifs is 2. The van der Waals surface area contributed by atoms with Crippen molar-refractivity contribution in [1.82, 2.24) is 9.88 Å². The van der Waals surface area contributed by atoms with E-state index < -0.39 is 5.60 Å². The van der Waals surface area contributed by atoms with Crippen molar-refractivity contribution in [2.45, 2.75) is 57.5 Å². The highest BCUT2D eigenvalue weighted by Gasteiger charge is 2.48. The van der Waals surface area contributed by atoms with Crippen LogP contribution in [0.5, 0.6) is 0 Å². The molecule has 0 radical (unpaired) electrons. The molecule has 1 aromatic heterocycles. The van der Waals surface area contributed by atoms with Gasteiger partial charge in [0.15, 0.2) is 0 Å². The average Bonchev–Trinajstić information content (AvgIpc) is 3.27. The van der Waals surface area contributed by atoms with E-state index in [0.29, 0.717) is 12.3 Å². The Bertz CT molecular complexity index is 783. The molecule has 4 heteroatoms. The first kappa shape index (κ1) is 17.6. The lowest BCUT2D eigenvalue weighted by Gasteiger charge is -2.40. The number of likely N-dealkylation sites (tertiary alicyclic amines) is 1. The highest BCUT2D eigenvalue weighted by molar-refractivity contribution is 5.83. The van der Waals surface area contributed by atoms with Crippen molar-refractivity contribution in [1.29, 1.82) is 0 Å². The number of aryl methyl sites for hydroxylation is 1. The molecule has 3 atom stereocenters. The monoisotopic (exact) mass is 354 g/mol. The van der Waals surface area contributed by atoms with Gasteiger partial charge in [0.25, 0.3) is 0 Å². The number of nitrogens with zero attached hydrogens (tertiary/aromatic N) is 1. The van der Waals surface area contributed by atoms with Crippen molar-refractivity contribution >= 4 is 16.8 Å². The van der Waals surface area contributed by atoms with Gasteiger partial charge in [0.05, 0.1) is 5.60 Å². The fourth-order valence-corrected chi connectivity index (χ4v) is 5.20.